The Kier molecular flexibility index (Phi) is 2.12. The van der Waals surface area contributed by atoms with Gasteiger partial charge >= 0.3 is 4.87 Å². The van der Waals surface area contributed by atoms with Gasteiger partial charge in [-0.1, -0.05) is 11.3 Å². The van der Waals surface area contributed by atoms with Gasteiger partial charge in [-0.2, -0.15) is 5.10 Å². The summed E-state index contributed by atoms with van der Waals surface area (Å²) in [5, 5.41) is 6.06. The number of rotatable bonds is 1. The molecule has 1 aromatic carbocycles. The SMILES string of the molecule is O=c1[nH]nc(-c2cc(F)cc(F)c2)s1. The van der Waals surface area contributed by atoms with Crippen molar-refractivity contribution in [1.82, 2.24) is 10.2 Å². The van der Waals surface area contributed by atoms with Crippen LogP contribution in [0.2, 0.25) is 0 Å². The molecule has 0 bridgehead atoms. The first kappa shape index (κ1) is 9.01. The van der Waals surface area contributed by atoms with Crippen LogP contribution >= 0.6 is 11.3 Å². The Balaban J connectivity index is 2.56. The Morgan fingerprint density at radius 2 is 1.86 bits per heavy atom. The minimum Gasteiger partial charge on any atom is -0.255 e. The van der Waals surface area contributed by atoms with Crippen molar-refractivity contribution in [3.8, 4) is 10.6 Å². The van der Waals surface area contributed by atoms with Crippen LogP contribution < -0.4 is 4.87 Å². The number of benzene rings is 1. The third kappa shape index (κ3) is 1.69. The second kappa shape index (κ2) is 3.30. The Morgan fingerprint density at radius 1 is 1.21 bits per heavy atom. The molecule has 72 valence electrons. The maximum absolute atomic E-state index is 12.8. The van der Waals surface area contributed by atoms with E-state index in [2.05, 4.69) is 10.2 Å². The molecule has 2 aromatic rings. The Hall–Kier alpha value is -1.56. The van der Waals surface area contributed by atoms with E-state index < -0.39 is 11.6 Å². The van der Waals surface area contributed by atoms with E-state index in [0.29, 0.717) is 0 Å². The van der Waals surface area contributed by atoms with E-state index in [4.69, 9.17) is 0 Å². The number of halogens is 2. The molecule has 6 heteroatoms. The largest absolute Gasteiger partial charge is 0.322 e. The predicted molar refractivity (Wildman–Crippen MR) is 48.1 cm³/mol. The van der Waals surface area contributed by atoms with Crippen LogP contribution in [-0.4, -0.2) is 10.2 Å². The van der Waals surface area contributed by atoms with Gasteiger partial charge in [-0.15, -0.1) is 0 Å². The number of hydrogen-bond donors (Lipinski definition) is 1. The molecule has 0 saturated heterocycles. The van der Waals surface area contributed by atoms with Crippen molar-refractivity contribution in [2.24, 2.45) is 0 Å². The molecule has 0 aliphatic carbocycles. The van der Waals surface area contributed by atoms with Crippen LogP contribution in [0.1, 0.15) is 0 Å². The molecular formula is C8H4F2N2OS. The fourth-order valence-electron chi connectivity index (χ4n) is 1.03. The van der Waals surface area contributed by atoms with Gasteiger partial charge in [0.2, 0.25) is 0 Å². The van der Waals surface area contributed by atoms with Crippen molar-refractivity contribution < 1.29 is 8.78 Å². The lowest BCUT2D eigenvalue weighted by Gasteiger charge is -1.95. The van der Waals surface area contributed by atoms with Crippen LogP contribution in [-0.2, 0) is 0 Å². The number of nitrogens with one attached hydrogen (secondary N) is 1. The second-order valence-electron chi connectivity index (χ2n) is 2.58. The maximum Gasteiger partial charge on any atom is 0.322 e. The molecule has 0 amide bonds. The molecule has 0 fully saturated rings. The molecular weight excluding hydrogens is 210 g/mol. The van der Waals surface area contributed by atoms with Crippen LogP contribution in [0.4, 0.5) is 8.78 Å². The van der Waals surface area contributed by atoms with Crippen molar-refractivity contribution in [2.75, 3.05) is 0 Å². The van der Waals surface area contributed by atoms with E-state index in [1.54, 1.807) is 0 Å². The number of aromatic amines is 1. The number of hydrogen-bond acceptors (Lipinski definition) is 3. The van der Waals surface area contributed by atoms with Crippen LogP contribution in [0.25, 0.3) is 10.6 Å². The van der Waals surface area contributed by atoms with Gasteiger partial charge in [0.1, 0.15) is 16.6 Å². The zero-order valence-electron chi connectivity index (χ0n) is 6.75. The third-order valence-electron chi connectivity index (χ3n) is 1.55. The summed E-state index contributed by atoms with van der Waals surface area (Å²) in [7, 11) is 0. The number of nitrogens with zero attached hydrogens (tertiary/aromatic N) is 1. The third-order valence-corrected chi connectivity index (χ3v) is 2.34. The summed E-state index contributed by atoms with van der Waals surface area (Å²) >= 11 is 0.803. The molecule has 0 radical (unpaired) electrons. The minimum atomic E-state index is -0.692. The van der Waals surface area contributed by atoms with E-state index in [1.165, 1.54) is 0 Å². The lowest BCUT2D eigenvalue weighted by Crippen LogP contribution is -1.90. The quantitative estimate of drug-likeness (QED) is 0.786. The number of aromatic nitrogens is 2. The summed E-state index contributed by atoms with van der Waals surface area (Å²) in [5.41, 5.74) is 0.255. The summed E-state index contributed by atoms with van der Waals surface area (Å²) in [4.78, 5) is 10.4. The van der Waals surface area contributed by atoms with E-state index in [-0.39, 0.29) is 15.4 Å². The average molecular weight is 214 g/mol. The van der Waals surface area contributed by atoms with Gasteiger partial charge in [0, 0.05) is 11.6 Å². The molecule has 0 unspecified atom stereocenters. The Bertz CT molecular complexity index is 500. The molecule has 0 spiro atoms. The molecule has 3 nitrogen and oxygen atoms in total. The first-order valence-electron chi connectivity index (χ1n) is 3.67. The zero-order chi connectivity index (χ0) is 10.1. The van der Waals surface area contributed by atoms with Crippen molar-refractivity contribution in [2.45, 2.75) is 0 Å². The highest BCUT2D eigenvalue weighted by Gasteiger charge is 2.06. The topological polar surface area (TPSA) is 45.8 Å². The molecule has 1 N–H and O–H groups in total. The van der Waals surface area contributed by atoms with Gasteiger partial charge in [0.25, 0.3) is 0 Å². The van der Waals surface area contributed by atoms with E-state index in [1.807, 2.05) is 0 Å². The van der Waals surface area contributed by atoms with E-state index in [0.717, 1.165) is 29.5 Å². The summed E-state index contributed by atoms with van der Waals surface area (Å²) in [5.74, 6) is -1.38. The van der Waals surface area contributed by atoms with Gasteiger partial charge in [-0.25, -0.2) is 13.9 Å². The highest BCUT2D eigenvalue weighted by Crippen LogP contribution is 2.20. The van der Waals surface area contributed by atoms with E-state index in [9.17, 15) is 13.6 Å². The van der Waals surface area contributed by atoms with Crippen LogP contribution in [0.5, 0.6) is 0 Å². The van der Waals surface area contributed by atoms with Crippen molar-refractivity contribution in [1.29, 1.82) is 0 Å². The molecule has 0 saturated carbocycles. The lowest BCUT2D eigenvalue weighted by molar-refractivity contribution is 0.584. The van der Waals surface area contributed by atoms with E-state index >= 15 is 0 Å². The normalized spacial score (nSPS) is 10.4. The van der Waals surface area contributed by atoms with Crippen molar-refractivity contribution in [3.05, 3.63) is 39.5 Å². The highest BCUT2D eigenvalue weighted by molar-refractivity contribution is 7.12. The molecule has 0 atom stereocenters. The second-order valence-corrected chi connectivity index (χ2v) is 3.54. The lowest BCUT2D eigenvalue weighted by atomic mass is 10.2. The number of H-pyrrole nitrogens is 1. The first-order chi connectivity index (χ1) is 6.65. The monoisotopic (exact) mass is 214 g/mol. The van der Waals surface area contributed by atoms with Crippen molar-refractivity contribution in [3.63, 3.8) is 0 Å². The van der Waals surface area contributed by atoms with Gasteiger partial charge in [-0.3, -0.25) is 4.79 Å². The summed E-state index contributed by atoms with van der Waals surface area (Å²) in [6.45, 7) is 0. The maximum atomic E-state index is 12.8. The van der Waals surface area contributed by atoms with Gasteiger partial charge in [0.05, 0.1) is 0 Å². The summed E-state index contributed by atoms with van der Waals surface area (Å²) < 4.78 is 25.5. The van der Waals surface area contributed by atoms with Gasteiger partial charge in [0.15, 0.2) is 0 Å². The predicted octanol–water partition coefficient (Wildman–Crippen LogP) is 1.78. The molecule has 14 heavy (non-hydrogen) atoms. The highest BCUT2D eigenvalue weighted by atomic mass is 32.1. The fourth-order valence-corrected chi connectivity index (χ4v) is 1.62. The summed E-state index contributed by atoms with van der Waals surface area (Å²) in [6, 6.07) is 3.00. The molecule has 1 heterocycles. The fraction of sp³-hybridized carbons (Fsp3) is 0. The zero-order valence-corrected chi connectivity index (χ0v) is 7.57. The Labute approximate surface area is 81.0 Å². The summed E-state index contributed by atoms with van der Waals surface area (Å²) in [6.07, 6.45) is 0. The standard InChI is InChI=1S/C8H4F2N2OS/c9-5-1-4(2-6(10)3-5)7-11-12-8(13)14-7/h1-3H,(H,12,13). The van der Waals surface area contributed by atoms with Crippen LogP contribution in [0.15, 0.2) is 23.0 Å². The smallest absolute Gasteiger partial charge is 0.255 e. The van der Waals surface area contributed by atoms with Gasteiger partial charge in [-0.05, 0) is 12.1 Å². The van der Waals surface area contributed by atoms with Crippen LogP contribution in [0.3, 0.4) is 0 Å². The molecule has 2 rings (SSSR count). The molecule has 0 aliphatic rings. The molecule has 0 aliphatic heterocycles. The average Bonchev–Trinajstić information content (AvgIpc) is 2.50. The van der Waals surface area contributed by atoms with Gasteiger partial charge < -0.3 is 0 Å². The minimum absolute atomic E-state index is 0.255. The van der Waals surface area contributed by atoms with Crippen LogP contribution in [0, 0.1) is 11.6 Å². The first-order valence-corrected chi connectivity index (χ1v) is 4.49. The Morgan fingerprint density at radius 3 is 2.36 bits per heavy atom. The molecule has 1 aromatic heterocycles. The van der Waals surface area contributed by atoms with Crippen molar-refractivity contribution >= 4 is 11.3 Å².